The van der Waals surface area contributed by atoms with Gasteiger partial charge >= 0.3 is 0 Å². The minimum Gasteiger partial charge on any atom is -0.326 e. The first-order chi connectivity index (χ1) is 7.71. The molecule has 0 aromatic heterocycles. The van der Waals surface area contributed by atoms with Gasteiger partial charge in [0, 0.05) is 11.6 Å². The third kappa shape index (κ3) is 3.54. The molecule has 0 spiro atoms. The first-order valence-electron chi connectivity index (χ1n) is 5.16. The maximum Gasteiger partial charge on any atom is 0.238 e. The van der Waals surface area contributed by atoms with Crippen LogP contribution < -0.4 is 10.5 Å². The third-order valence-corrected chi connectivity index (χ3v) is 3.34. The van der Waals surface area contributed by atoms with Crippen molar-refractivity contribution in [2.75, 3.05) is 5.32 Å². The number of nitrogens with two attached hydrogens (primary N) is 1. The number of carbonyl (C=O) groups is 1. The Hall–Kier alpha value is -1.40. The first kappa shape index (κ1) is 13.7. The molecule has 0 aliphatic heterocycles. The molecule has 0 heterocycles. The van der Waals surface area contributed by atoms with Gasteiger partial charge < -0.3 is 5.32 Å². The fraction of sp³-hybridized carbons (Fsp3) is 0.364. The van der Waals surface area contributed by atoms with Gasteiger partial charge in [0.2, 0.25) is 15.9 Å². The van der Waals surface area contributed by atoms with Crippen LogP contribution in [-0.4, -0.2) is 14.3 Å². The van der Waals surface area contributed by atoms with Crippen molar-refractivity contribution in [1.82, 2.24) is 0 Å². The second kappa shape index (κ2) is 4.85. The lowest BCUT2D eigenvalue weighted by molar-refractivity contribution is -0.118. The molecule has 3 N–H and O–H groups in total. The van der Waals surface area contributed by atoms with E-state index in [0.29, 0.717) is 11.3 Å². The first-order valence-corrected chi connectivity index (χ1v) is 6.71. The molecule has 1 aromatic carbocycles. The Kier molecular flexibility index (Phi) is 3.90. The molecule has 1 aromatic rings. The number of sulfonamides is 1. The van der Waals surface area contributed by atoms with Crippen molar-refractivity contribution in [1.29, 1.82) is 0 Å². The number of anilines is 1. The number of hydrogen-bond acceptors (Lipinski definition) is 3. The molecule has 0 aliphatic carbocycles. The molecule has 0 saturated heterocycles. The summed E-state index contributed by atoms with van der Waals surface area (Å²) in [6.45, 7) is 5.19. The van der Waals surface area contributed by atoms with Crippen molar-refractivity contribution in [3.05, 3.63) is 23.8 Å². The monoisotopic (exact) mass is 256 g/mol. The van der Waals surface area contributed by atoms with E-state index >= 15 is 0 Å². The summed E-state index contributed by atoms with van der Waals surface area (Å²) in [6, 6.07) is 4.49. The molecule has 0 bridgehead atoms. The summed E-state index contributed by atoms with van der Waals surface area (Å²) in [5.74, 6) is -0.249. The van der Waals surface area contributed by atoms with E-state index in [4.69, 9.17) is 5.14 Å². The molecule has 1 rings (SSSR count). The van der Waals surface area contributed by atoms with Gasteiger partial charge in [-0.1, -0.05) is 13.8 Å². The van der Waals surface area contributed by atoms with Crippen LogP contribution in [0.25, 0.3) is 0 Å². The molecule has 0 fully saturated rings. The zero-order valence-electron chi connectivity index (χ0n) is 10.0. The van der Waals surface area contributed by atoms with Gasteiger partial charge in [-0.3, -0.25) is 4.79 Å². The van der Waals surface area contributed by atoms with E-state index in [0.717, 1.165) is 0 Å². The molecular weight excluding hydrogens is 240 g/mol. The Morgan fingerprint density at radius 3 is 2.35 bits per heavy atom. The molecule has 0 radical (unpaired) electrons. The number of primary sulfonamides is 1. The number of carbonyl (C=O) groups excluding carboxylic acids is 1. The summed E-state index contributed by atoms with van der Waals surface area (Å²) in [7, 11) is -3.71. The van der Waals surface area contributed by atoms with Crippen LogP contribution in [-0.2, 0) is 14.8 Å². The van der Waals surface area contributed by atoms with Crippen LogP contribution in [0.15, 0.2) is 23.1 Å². The molecule has 94 valence electrons. The second-order valence-electron chi connectivity index (χ2n) is 4.17. The molecule has 5 nitrogen and oxygen atoms in total. The van der Waals surface area contributed by atoms with Gasteiger partial charge in [0.05, 0.1) is 4.90 Å². The molecule has 1 amide bonds. The van der Waals surface area contributed by atoms with Crippen LogP contribution in [0.3, 0.4) is 0 Å². The zero-order chi connectivity index (χ0) is 13.2. The van der Waals surface area contributed by atoms with Crippen molar-refractivity contribution in [3.63, 3.8) is 0 Å². The summed E-state index contributed by atoms with van der Waals surface area (Å²) in [5.41, 5.74) is 1.07. The van der Waals surface area contributed by atoms with Gasteiger partial charge in [0.25, 0.3) is 0 Å². The smallest absolute Gasteiger partial charge is 0.238 e. The minimum absolute atomic E-state index is 0.0695. The fourth-order valence-corrected chi connectivity index (χ4v) is 2.10. The van der Waals surface area contributed by atoms with E-state index in [1.165, 1.54) is 12.1 Å². The lowest BCUT2D eigenvalue weighted by Gasteiger charge is -2.10. The maximum absolute atomic E-state index is 11.5. The van der Waals surface area contributed by atoms with Crippen molar-refractivity contribution in [2.45, 2.75) is 25.7 Å². The van der Waals surface area contributed by atoms with Crippen LogP contribution in [0.2, 0.25) is 0 Å². The number of nitrogens with one attached hydrogen (secondary N) is 1. The van der Waals surface area contributed by atoms with Crippen molar-refractivity contribution < 1.29 is 13.2 Å². The quantitative estimate of drug-likeness (QED) is 0.852. The summed E-state index contributed by atoms with van der Waals surface area (Å²) >= 11 is 0. The predicted octanol–water partition coefficient (Wildman–Crippen LogP) is 1.24. The molecule has 0 aliphatic rings. The Morgan fingerprint density at radius 2 is 1.94 bits per heavy atom. The van der Waals surface area contributed by atoms with E-state index in [-0.39, 0.29) is 16.7 Å². The van der Waals surface area contributed by atoms with Crippen molar-refractivity contribution in [3.8, 4) is 0 Å². The zero-order valence-corrected chi connectivity index (χ0v) is 10.8. The SMILES string of the molecule is Cc1cc(NC(=O)C(C)C)ccc1S(N)(=O)=O. The minimum atomic E-state index is -3.71. The number of amides is 1. The Balaban J connectivity index is 3.02. The molecular formula is C11H16N2O3S. The Labute approximate surface area is 101 Å². The number of rotatable bonds is 3. The Bertz CT molecular complexity index is 536. The highest BCUT2D eigenvalue weighted by molar-refractivity contribution is 7.89. The largest absolute Gasteiger partial charge is 0.326 e. The highest BCUT2D eigenvalue weighted by Crippen LogP contribution is 2.18. The predicted molar refractivity (Wildman–Crippen MR) is 66.0 cm³/mol. The molecule has 0 saturated carbocycles. The van der Waals surface area contributed by atoms with Gasteiger partial charge in [-0.05, 0) is 30.7 Å². The molecule has 6 heteroatoms. The van der Waals surface area contributed by atoms with Crippen LogP contribution in [0.4, 0.5) is 5.69 Å². The summed E-state index contributed by atoms with van der Waals surface area (Å²) in [4.78, 5) is 11.5. The van der Waals surface area contributed by atoms with Crippen molar-refractivity contribution >= 4 is 21.6 Å². The normalized spacial score (nSPS) is 11.6. The van der Waals surface area contributed by atoms with E-state index in [9.17, 15) is 13.2 Å². The maximum atomic E-state index is 11.5. The van der Waals surface area contributed by atoms with Crippen LogP contribution in [0.1, 0.15) is 19.4 Å². The summed E-state index contributed by atoms with van der Waals surface area (Å²) in [5, 5.41) is 7.73. The topological polar surface area (TPSA) is 89.3 Å². The van der Waals surface area contributed by atoms with Gasteiger partial charge in [-0.25, -0.2) is 13.6 Å². The standard InChI is InChI=1S/C11H16N2O3S/c1-7(2)11(14)13-9-4-5-10(8(3)6-9)17(12,15)16/h4-7H,1-3H3,(H,13,14)(H2,12,15,16). The van der Waals surface area contributed by atoms with Gasteiger partial charge in [-0.15, -0.1) is 0 Å². The average molecular weight is 256 g/mol. The number of aryl methyl sites for hydroxylation is 1. The van der Waals surface area contributed by atoms with E-state index in [2.05, 4.69) is 5.32 Å². The second-order valence-corrected chi connectivity index (χ2v) is 5.70. The van der Waals surface area contributed by atoms with Crippen molar-refractivity contribution in [2.24, 2.45) is 11.1 Å². The van der Waals surface area contributed by atoms with Gasteiger partial charge in [0.15, 0.2) is 0 Å². The molecule has 17 heavy (non-hydrogen) atoms. The highest BCUT2D eigenvalue weighted by atomic mass is 32.2. The lowest BCUT2D eigenvalue weighted by Crippen LogP contribution is -2.18. The van der Waals surface area contributed by atoms with Crippen LogP contribution >= 0.6 is 0 Å². The van der Waals surface area contributed by atoms with Crippen LogP contribution in [0.5, 0.6) is 0 Å². The average Bonchev–Trinajstić information content (AvgIpc) is 2.15. The van der Waals surface area contributed by atoms with Gasteiger partial charge in [-0.2, -0.15) is 0 Å². The van der Waals surface area contributed by atoms with E-state index in [1.54, 1.807) is 26.8 Å². The van der Waals surface area contributed by atoms with Gasteiger partial charge in [0.1, 0.15) is 0 Å². The highest BCUT2D eigenvalue weighted by Gasteiger charge is 2.13. The van der Waals surface area contributed by atoms with Crippen LogP contribution in [0, 0.1) is 12.8 Å². The Morgan fingerprint density at radius 1 is 1.35 bits per heavy atom. The molecule has 0 unspecified atom stereocenters. The molecule has 0 atom stereocenters. The summed E-state index contributed by atoms with van der Waals surface area (Å²) in [6.07, 6.45) is 0. The number of hydrogen-bond donors (Lipinski definition) is 2. The summed E-state index contributed by atoms with van der Waals surface area (Å²) < 4.78 is 22.4. The lowest BCUT2D eigenvalue weighted by atomic mass is 10.2. The van der Waals surface area contributed by atoms with E-state index in [1.807, 2.05) is 0 Å². The fourth-order valence-electron chi connectivity index (χ4n) is 1.33. The van der Waals surface area contributed by atoms with E-state index < -0.39 is 10.0 Å². The third-order valence-electron chi connectivity index (χ3n) is 2.27. The number of benzene rings is 1.